The van der Waals surface area contributed by atoms with Crippen LogP contribution >= 0.6 is 15.9 Å². The van der Waals surface area contributed by atoms with Crippen molar-refractivity contribution >= 4 is 15.9 Å². The number of nitrogens with zero attached hydrogens (tertiary/aromatic N) is 2. The first-order valence-corrected chi connectivity index (χ1v) is 6.64. The molecule has 0 aliphatic heterocycles. The first kappa shape index (κ1) is 13.6. The molecule has 0 N–H and O–H groups in total. The normalized spacial score (nSPS) is 15.2. The molecule has 0 aliphatic carbocycles. The summed E-state index contributed by atoms with van der Waals surface area (Å²) in [5, 5.41) is 4.39. The highest BCUT2D eigenvalue weighted by molar-refractivity contribution is 9.09. The predicted molar refractivity (Wildman–Crippen MR) is 70.6 cm³/mol. The maximum atomic E-state index is 5.38. The Morgan fingerprint density at radius 3 is 2.44 bits per heavy atom. The van der Waals surface area contributed by atoms with E-state index in [1.807, 2.05) is 6.20 Å². The molecule has 2 unspecified atom stereocenters. The van der Waals surface area contributed by atoms with Gasteiger partial charge >= 0.3 is 0 Å². The molecule has 1 heterocycles. The summed E-state index contributed by atoms with van der Waals surface area (Å²) < 4.78 is 7.43. The third-order valence-electron chi connectivity index (χ3n) is 2.65. The van der Waals surface area contributed by atoms with Crippen LogP contribution in [-0.4, -0.2) is 21.7 Å². The molecule has 1 aromatic heterocycles. The Labute approximate surface area is 106 Å². The maximum Gasteiger partial charge on any atom is 0.160 e. The first-order valence-electron chi connectivity index (χ1n) is 5.72. The number of hydrogen-bond donors (Lipinski definition) is 0. The molecule has 0 amide bonds. The fourth-order valence-electron chi connectivity index (χ4n) is 1.99. The number of methoxy groups -OCH3 is 1. The Bertz CT molecular complexity index is 334. The number of aromatic nitrogens is 2. The Hall–Kier alpha value is -0.510. The van der Waals surface area contributed by atoms with Crippen molar-refractivity contribution in [2.45, 2.75) is 50.9 Å². The largest absolute Gasteiger partial charge is 0.493 e. The van der Waals surface area contributed by atoms with Gasteiger partial charge in [0.2, 0.25) is 0 Å². The van der Waals surface area contributed by atoms with Gasteiger partial charge in [-0.15, -0.1) is 0 Å². The Kier molecular flexibility index (Phi) is 4.84. The molecule has 0 aliphatic rings. The van der Waals surface area contributed by atoms with Crippen LogP contribution in [0.4, 0.5) is 0 Å². The lowest BCUT2D eigenvalue weighted by Gasteiger charge is -2.18. The van der Waals surface area contributed by atoms with Gasteiger partial charge in [-0.25, -0.2) is 0 Å². The molecule has 4 heteroatoms. The molecule has 0 spiro atoms. The van der Waals surface area contributed by atoms with E-state index in [0.717, 1.165) is 12.2 Å². The van der Waals surface area contributed by atoms with Gasteiger partial charge in [0, 0.05) is 16.8 Å². The minimum atomic E-state index is 0.368. The van der Waals surface area contributed by atoms with Gasteiger partial charge in [0.25, 0.3) is 0 Å². The average molecular weight is 289 g/mol. The lowest BCUT2D eigenvalue weighted by Crippen LogP contribution is -2.12. The van der Waals surface area contributed by atoms with Crippen LogP contribution < -0.4 is 4.74 Å². The zero-order valence-corrected chi connectivity index (χ0v) is 12.3. The molecule has 92 valence electrons. The Morgan fingerprint density at radius 2 is 2.00 bits per heavy atom. The summed E-state index contributed by atoms with van der Waals surface area (Å²) in [5.74, 6) is 1.34. The molecular formula is C12H21BrN2O. The van der Waals surface area contributed by atoms with Gasteiger partial charge in [0.1, 0.15) is 0 Å². The van der Waals surface area contributed by atoms with Gasteiger partial charge in [0.15, 0.2) is 5.75 Å². The van der Waals surface area contributed by atoms with E-state index in [1.165, 1.54) is 5.69 Å². The van der Waals surface area contributed by atoms with Gasteiger partial charge in [-0.2, -0.15) is 5.10 Å². The molecule has 16 heavy (non-hydrogen) atoms. The van der Waals surface area contributed by atoms with E-state index >= 15 is 0 Å². The maximum absolute atomic E-state index is 5.38. The van der Waals surface area contributed by atoms with Gasteiger partial charge in [-0.1, -0.05) is 29.8 Å². The molecular weight excluding hydrogens is 268 g/mol. The lowest BCUT2D eigenvalue weighted by atomic mass is 10.0. The van der Waals surface area contributed by atoms with E-state index in [0.29, 0.717) is 16.8 Å². The smallest absolute Gasteiger partial charge is 0.160 e. The van der Waals surface area contributed by atoms with Crippen LogP contribution in [0.25, 0.3) is 0 Å². The van der Waals surface area contributed by atoms with Crippen LogP contribution in [0.2, 0.25) is 0 Å². The summed E-state index contributed by atoms with van der Waals surface area (Å²) in [6.45, 7) is 8.66. The van der Waals surface area contributed by atoms with Crippen molar-refractivity contribution in [1.82, 2.24) is 9.78 Å². The summed E-state index contributed by atoms with van der Waals surface area (Å²) in [5.41, 5.74) is 1.20. The van der Waals surface area contributed by atoms with Crippen molar-refractivity contribution in [1.29, 1.82) is 0 Å². The lowest BCUT2D eigenvalue weighted by molar-refractivity contribution is 0.396. The van der Waals surface area contributed by atoms with Crippen LogP contribution in [0.3, 0.4) is 0 Å². The van der Waals surface area contributed by atoms with Crippen molar-refractivity contribution in [3.05, 3.63) is 11.9 Å². The monoisotopic (exact) mass is 288 g/mol. The summed E-state index contributed by atoms with van der Waals surface area (Å²) >= 11 is 3.60. The predicted octanol–water partition coefficient (Wildman–Crippen LogP) is 3.75. The van der Waals surface area contributed by atoms with Gasteiger partial charge in [-0.05, 0) is 20.3 Å². The number of halogens is 1. The number of ether oxygens (including phenoxy) is 1. The van der Waals surface area contributed by atoms with Crippen LogP contribution in [0.5, 0.6) is 5.75 Å². The van der Waals surface area contributed by atoms with Crippen LogP contribution in [-0.2, 0) is 0 Å². The zero-order valence-electron chi connectivity index (χ0n) is 10.7. The summed E-state index contributed by atoms with van der Waals surface area (Å²) in [6.07, 6.45) is 2.89. The molecule has 0 fully saturated rings. The first-order chi connectivity index (χ1) is 7.47. The van der Waals surface area contributed by atoms with Crippen LogP contribution in [0.1, 0.15) is 51.8 Å². The van der Waals surface area contributed by atoms with E-state index < -0.39 is 0 Å². The minimum Gasteiger partial charge on any atom is -0.493 e. The highest BCUT2D eigenvalue weighted by Crippen LogP contribution is 2.32. The summed E-state index contributed by atoms with van der Waals surface area (Å²) in [4.78, 5) is 0.503. The van der Waals surface area contributed by atoms with Crippen LogP contribution in [0.15, 0.2) is 6.20 Å². The summed E-state index contributed by atoms with van der Waals surface area (Å²) in [6, 6.07) is 0.368. The van der Waals surface area contributed by atoms with Crippen LogP contribution in [0, 0.1) is 0 Å². The van der Waals surface area contributed by atoms with Gasteiger partial charge in [-0.3, -0.25) is 4.68 Å². The van der Waals surface area contributed by atoms with E-state index in [-0.39, 0.29) is 0 Å². The van der Waals surface area contributed by atoms with E-state index in [9.17, 15) is 0 Å². The molecule has 3 nitrogen and oxygen atoms in total. The Morgan fingerprint density at radius 1 is 1.38 bits per heavy atom. The van der Waals surface area contributed by atoms with Crippen molar-refractivity contribution in [3.8, 4) is 5.75 Å². The quantitative estimate of drug-likeness (QED) is 0.772. The number of alkyl halides is 1. The van der Waals surface area contributed by atoms with E-state index in [4.69, 9.17) is 4.74 Å². The molecule has 1 rings (SSSR count). The van der Waals surface area contributed by atoms with Gasteiger partial charge in [0.05, 0.1) is 19.0 Å². The average Bonchev–Trinajstić information content (AvgIpc) is 2.59. The van der Waals surface area contributed by atoms with Crippen molar-refractivity contribution < 1.29 is 4.74 Å². The molecule has 0 radical (unpaired) electrons. The van der Waals surface area contributed by atoms with Crippen molar-refractivity contribution in [2.24, 2.45) is 0 Å². The topological polar surface area (TPSA) is 27.1 Å². The molecule has 0 saturated carbocycles. The van der Waals surface area contributed by atoms with Crippen molar-refractivity contribution in [3.63, 3.8) is 0 Å². The number of rotatable bonds is 5. The fraction of sp³-hybridized carbons (Fsp3) is 0.750. The molecule has 0 aromatic carbocycles. The standard InChI is InChI=1S/C12H21BrN2O/c1-8(2)15-12(9(3)6-10(4)13)11(16-5)7-14-15/h7-10H,6H2,1-5H3. The molecule has 0 saturated heterocycles. The third kappa shape index (κ3) is 3.00. The molecule has 0 bridgehead atoms. The third-order valence-corrected chi connectivity index (χ3v) is 3.03. The molecule has 1 aromatic rings. The van der Waals surface area contributed by atoms with Gasteiger partial charge < -0.3 is 4.74 Å². The second-order valence-electron chi connectivity index (χ2n) is 4.55. The minimum absolute atomic E-state index is 0.368. The summed E-state index contributed by atoms with van der Waals surface area (Å²) in [7, 11) is 1.70. The highest BCUT2D eigenvalue weighted by atomic mass is 79.9. The highest BCUT2D eigenvalue weighted by Gasteiger charge is 2.20. The van der Waals surface area contributed by atoms with E-state index in [2.05, 4.69) is 53.4 Å². The second-order valence-corrected chi connectivity index (χ2v) is 6.12. The SMILES string of the molecule is COc1cnn(C(C)C)c1C(C)CC(C)Br. The Balaban J connectivity index is 3.02. The zero-order chi connectivity index (χ0) is 12.3. The second kappa shape index (κ2) is 5.71. The molecule has 2 atom stereocenters. The number of hydrogen-bond acceptors (Lipinski definition) is 2. The van der Waals surface area contributed by atoms with Crippen molar-refractivity contribution in [2.75, 3.05) is 7.11 Å². The van der Waals surface area contributed by atoms with E-state index in [1.54, 1.807) is 7.11 Å². The fourth-order valence-corrected chi connectivity index (χ4v) is 2.55.